The highest BCUT2D eigenvalue weighted by molar-refractivity contribution is 7.71. The van der Waals surface area contributed by atoms with Gasteiger partial charge in [-0.25, -0.2) is 4.79 Å². The number of hydrogen-bond acceptors (Lipinski definition) is 4. The van der Waals surface area contributed by atoms with Crippen LogP contribution in [0.2, 0.25) is 0 Å². The molecule has 0 aliphatic rings. The van der Waals surface area contributed by atoms with Crippen LogP contribution in [0.1, 0.15) is 30.0 Å². The highest BCUT2D eigenvalue weighted by Crippen LogP contribution is 2.07. The van der Waals surface area contributed by atoms with Gasteiger partial charge in [0.05, 0.1) is 18.9 Å². The number of esters is 1. The average Bonchev–Trinajstić information content (AvgIpc) is 2.57. The minimum atomic E-state index is -0.417. The lowest BCUT2D eigenvalue weighted by Crippen LogP contribution is -2.09. The summed E-state index contributed by atoms with van der Waals surface area (Å²) in [5.74, 6) is -0.417. The van der Waals surface area contributed by atoms with Crippen LogP contribution in [0, 0.1) is 4.77 Å². The van der Waals surface area contributed by atoms with Crippen molar-refractivity contribution in [2.45, 2.75) is 20.5 Å². The number of carbonyl (C=O) groups is 1. The molecule has 6 heteroatoms. The minimum absolute atomic E-state index is 0.317. The standard InChI is InChI=1S/C9H14N2O3S/c1-3-13-5-6-7(8(12)14-4-2)11-9(15)10-6/h3-5H2,1-2H3,(H2,10,11,15). The summed E-state index contributed by atoms with van der Waals surface area (Å²) in [7, 11) is 0. The number of H-pyrrole nitrogens is 2. The average molecular weight is 230 g/mol. The Kier molecular flexibility index (Phi) is 4.51. The summed E-state index contributed by atoms with van der Waals surface area (Å²) in [6, 6.07) is 0. The van der Waals surface area contributed by atoms with E-state index in [-0.39, 0.29) is 0 Å². The van der Waals surface area contributed by atoms with Crippen molar-refractivity contribution in [1.29, 1.82) is 0 Å². The fourth-order valence-electron chi connectivity index (χ4n) is 1.11. The van der Waals surface area contributed by atoms with E-state index in [1.807, 2.05) is 6.92 Å². The Morgan fingerprint density at radius 3 is 2.67 bits per heavy atom. The molecule has 0 aliphatic heterocycles. The van der Waals surface area contributed by atoms with Crippen LogP contribution in [0.15, 0.2) is 0 Å². The summed E-state index contributed by atoms with van der Waals surface area (Å²) in [6.07, 6.45) is 0. The molecule has 0 saturated heterocycles. The van der Waals surface area contributed by atoms with E-state index >= 15 is 0 Å². The van der Waals surface area contributed by atoms with Gasteiger partial charge in [-0.3, -0.25) is 0 Å². The molecule has 5 nitrogen and oxygen atoms in total. The van der Waals surface area contributed by atoms with Gasteiger partial charge in [0.25, 0.3) is 0 Å². The van der Waals surface area contributed by atoms with Crippen LogP contribution in [-0.2, 0) is 16.1 Å². The Labute approximate surface area is 92.8 Å². The number of carbonyl (C=O) groups excluding carboxylic acids is 1. The quantitative estimate of drug-likeness (QED) is 0.597. The van der Waals surface area contributed by atoms with E-state index < -0.39 is 5.97 Å². The third-order valence-electron chi connectivity index (χ3n) is 1.73. The lowest BCUT2D eigenvalue weighted by atomic mass is 10.3. The zero-order chi connectivity index (χ0) is 11.3. The van der Waals surface area contributed by atoms with Crippen molar-refractivity contribution in [1.82, 2.24) is 9.97 Å². The van der Waals surface area contributed by atoms with E-state index in [4.69, 9.17) is 21.7 Å². The molecule has 0 saturated carbocycles. The van der Waals surface area contributed by atoms with Gasteiger partial charge >= 0.3 is 5.97 Å². The highest BCUT2D eigenvalue weighted by Gasteiger charge is 2.14. The van der Waals surface area contributed by atoms with Gasteiger partial charge in [-0.2, -0.15) is 0 Å². The summed E-state index contributed by atoms with van der Waals surface area (Å²) in [5, 5.41) is 0. The van der Waals surface area contributed by atoms with Crippen LogP contribution in [0.4, 0.5) is 0 Å². The Morgan fingerprint density at radius 1 is 1.33 bits per heavy atom. The topological polar surface area (TPSA) is 67.1 Å². The molecule has 1 heterocycles. The van der Waals surface area contributed by atoms with Gasteiger partial charge in [0, 0.05) is 6.61 Å². The molecule has 2 N–H and O–H groups in total. The van der Waals surface area contributed by atoms with Gasteiger partial charge in [0.15, 0.2) is 4.77 Å². The Morgan fingerprint density at radius 2 is 2.07 bits per heavy atom. The SMILES string of the molecule is CCOCc1[nH]c(=S)[nH]c1C(=O)OCC. The number of rotatable bonds is 5. The van der Waals surface area contributed by atoms with Gasteiger partial charge in [0.1, 0.15) is 5.69 Å². The summed E-state index contributed by atoms with van der Waals surface area (Å²) in [5.41, 5.74) is 0.968. The maximum Gasteiger partial charge on any atom is 0.356 e. The predicted molar refractivity (Wildman–Crippen MR) is 57.3 cm³/mol. The highest BCUT2D eigenvalue weighted by atomic mass is 32.1. The summed E-state index contributed by atoms with van der Waals surface area (Å²) >= 11 is 4.90. The van der Waals surface area contributed by atoms with Gasteiger partial charge in [-0.15, -0.1) is 0 Å². The number of aromatic nitrogens is 2. The Balaban J connectivity index is 2.85. The van der Waals surface area contributed by atoms with E-state index in [9.17, 15) is 4.79 Å². The number of aromatic amines is 2. The van der Waals surface area contributed by atoms with Crippen molar-refractivity contribution < 1.29 is 14.3 Å². The normalized spacial score (nSPS) is 10.3. The zero-order valence-electron chi connectivity index (χ0n) is 8.75. The molecular weight excluding hydrogens is 216 g/mol. The second kappa shape index (κ2) is 5.67. The monoisotopic (exact) mass is 230 g/mol. The number of nitrogens with one attached hydrogen (secondary N) is 2. The van der Waals surface area contributed by atoms with Crippen LogP contribution in [0.3, 0.4) is 0 Å². The van der Waals surface area contributed by atoms with Gasteiger partial charge in [-0.05, 0) is 26.1 Å². The third-order valence-corrected chi connectivity index (χ3v) is 1.94. The molecule has 1 aromatic rings. The summed E-state index contributed by atoms with van der Waals surface area (Å²) in [6.45, 7) is 4.86. The van der Waals surface area contributed by atoms with Crippen LogP contribution in [0.5, 0.6) is 0 Å². The lowest BCUT2D eigenvalue weighted by Gasteiger charge is -2.02. The van der Waals surface area contributed by atoms with Crippen molar-refractivity contribution in [3.63, 3.8) is 0 Å². The van der Waals surface area contributed by atoms with E-state index in [2.05, 4.69) is 9.97 Å². The zero-order valence-corrected chi connectivity index (χ0v) is 9.57. The van der Waals surface area contributed by atoms with E-state index in [1.54, 1.807) is 6.92 Å². The van der Waals surface area contributed by atoms with Crippen LogP contribution < -0.4 is 0 Å². The molecule has 0 atom stereocenters. The van der Waals surface area contributed by atoms with Crippen molar-refractivity contribution in [2.24, 2.45) is 0 Å². The molecule has 1 aromatic heterocycles. The van der Waals surface area contributed by atoms with Crippen LogP contribution in [-0.4, -0.2) is 29.2 Å². The van der Waals surface area contributed by atoms with E-state index in [0.29, 0.717) is 36.0 Å². The molecule has 0 aromatic carbocycles. The Bertz CT molecular complexity index is 383. The third kappa shape index (κ3) is 3.17. The minimum Gasteiger partial charge on any atom is -0.461 e. The second-order valence-corrected chi connectivity index (χ2v) is 3.20. The van der Waals surface area contributed by atoms with Gasteiger partial charge in [0.2, 0.25) is 0 Å². The predicted octanol–water partition coefficient (Wildman–Crippen LogP) is 1.79. The van der Waals surface area contributed by atoms with E-state index in [0.717, 1.165) is 0 Å². The van der Waals surface area contributed by atoms with Gasteiger partial charge < -0.3 is 19.4 Å². The molecule has 0 fully saturated rings. The molecule has 84 valence electrons. The molecule has 15 heavy (non-hydrogen) atoms. The second-order valence-electron chi connectivity index (χ2n) is 2.79. The molecule has 0 radical (unpaired) electrons. The first-order chi connectivity index (χ1) is 7.19. The number of hydrogen-bond donors (Lipinski definition) is 2. The largest absolute Gasteiger partial charge is 0.461 e. The fraction of sp³-hybridized carbons (Fsp3) is 0.556. The number of imidazole rings is 1. The first-order valence-corrected chi connectivity index (χ1v) is 5.15. The molecule has 0 aliphatic carbocycles. The molecule has 0 spiro atoms. The molecular formula is C9H14N2O3S. The molecule has 0 unspecified atom stereocenters. The summed E-state index contributed by atoms with van der Waals surface area (Å²) in [4.78, 5) is 17.1. The number of ether oxygens (including phenoxy) is 2. The van der Waals surface area contributed by atoms with E-state index in [1.165, 1.54) is 0 Å². The van der Waals surface area contributed by atoms with Crippen molar-refractivity contribution in [2.75, 3.05) is 13.2 Å². The van der Waals surface area contributed by atoms with Crippen molar-refractivity contribution >= 4 is 18.2 Å². The van der Waals surface area contributed by atoms with Crippen LogP contribution in [0.25, 0.3) is 0 Å². The van der Waals surface area contributed by atoms with Crippen molar-refractivity contribution in [3.05, 3.63) is 16.2 Å². The molecule has 1 rings (SSSR count). The smallest absolute Gasteiger partial charge is 0.356 e. The maximum atomic E-state index is 11.5. The van der Waals surface area contributed by atoms with Crippen molar-refractivity contribution in [3.8, 4) is 0 Å². The first kappa shape index (κ1) is 11.9. The molecule has 0 amide bonds. The van der Waals surface area contributed by atoms with Gasteiger partial charge in [-0.1, -0.05) is 0 Å². The lowest BCUT2D eigenvalue weighted by molar-refractivity contribution is 0.0512. The van der Waals surface area contributed by atoms with Crippen LogP contribution >= 0.6 is 12.2 Å². The summed E-state index contributed by atoms with van der Waals surface area (Å²) < 4.78 is 10.5. The Hall–Kier alpha value is -1.14. The first-order valence-electron chi connectivity index (χ1n) is 4.75. The fourth-order valence-corrected chi connectivity index (χ4v) is 1.33. The molecule has 0 bridgehead atoms. The maximum absolute atomic E-state index is 11.5.